The number of nitrogens with zero attached hydrogens (tertiary/aromatic N) is 6. The summed E-state index contributed by atoms with van der Waals surface area (Å²) in [5, 5.41) is 16.1. The zero-order chi connectivity index (χ0) is 52.2. The fourth-order valence-corrected chi connectivity index (χ4v) is 11.9. The Hall–Kier alpha value is -10.2. The molecule has 0 bridgehead atoms. The molecule has 0 aliphatic heterocycles. The number of hydrogen-bond donors (Lipinski definition) is 0. The van der Waals surface area contributed by atoms with Crippen LogP contribution in [-0.4, -0.2) is 29.3 Å². The van der Waals surface area contributed by atoms with E-state index in [4.69, 9.17) is 15.3 Å². The smallest absolute Gasteiger partial charge is 0.138 e. The molecule has 13 rings (SSSR count). The Morgan fingerprint density at radius 2 is 0.346 bits per heavy atom. The quantitative estimate of drug-likeness (QED) is 0.0962. The zero-order valence-electron chi connectivity index (χ0n) is 42.9. The number of rotatable bonds is 15. The number of benzene rings is 10. The molecular formula is C72H54N6. The first-order valence-electron chi connectivity index (χ1n) is 26.5. The molecule has 6 nitrogen and oxygen atoms in total. The topological polar surface area (TPSA) is 53.5 Å². The molecule has 0 fully saturated rings. The molecule has 0 atom stereocenters. The first kappa shape index (κ1) is 47.5. The largest absolute Gasteiger partial charge is 0.252 e. The van der Waals surface area contributed by atoms with Gasteiger partial charge in [0.05, 0.1) is 18.6 Å². The lowest BCUT2D eigenvalue weighted by atomic mass is 9.77. The van der Waals surface area contributed by atoms with Crippen molar-refractivity contribution in [3.8, 4) is 33.4 Å². The van der Waals surface area contributed by atoms with E-state index in [-0.39, 0.29) is 0 Å². The molecule has 78 heavy (non-hydrogen) atoms. The van der Waals surface area contributed by atoms with Crippen molar-refractivity contribution in [2.24, 2.45) is 0 Å². The standard InChI is InChI=1S/C72H54N6/c1-10-28-61(29-11-1)70(62-30-12-2-13-31-62,63-32-14-3-15-33-63)76-52-58(49-73-76)55-46-56(59-50-74-77(53-59)71(64-34-16-4-17-35-64,65-36-18-5-19-37-65)66-38-20-6-21-39-66)48-57(47-55)60-51-75-78(54-60)72(67-40-22-7-23-41-67,68-42-24-8-25-43-68)69-44-26-9-27-45-69/h1-54H. The normalized spacial score (nSPS) is 11.8. The van der Waals surface area contributed by atoms with E-state index in [1.54, 1.807) is 0 Å². The highest BCUT2D eigenvalue weighted by atomic mass is 15.3. The van der Waals surface area contributed by atoms with Crippen molar-refractivity contribution in [1.29, 1.82) is 0 Å². The molecule has 0 N–H and O–H groups in total. The minimum absolute atomic E-state index is 0.796. The monoisotopic (exact) mass is 1000 g/mol. The maximum Gasteiger partial charge on any atom is 0.138 e. The average Bonchev–Trinajstić information content (AvgIpc) is 4.36. The SMILES string of the molecule is c1ccc(C(c2ccccc2)(c2ccccc2)n2cc(-c3cc(-c4cnn(C(c5ccccc5)(c5ccccc5)c5ccccc5)c4)cc(-c4cnn(C(c5ccccc5)(c5ccccc5)c5ccccc5)c4)c3)cn2)cc1. The van der Waals surface area contributed by atoms with E-state index in [0.29, 0.717) is 0 Å². The summed E-state index contributed by atoms with van der Waals surface area (Å²) in [6.07, 6.45) is 12.7. The Kier molecular flexibility index (Phi) is 12.5. The fourth-order valence-electron chi connectivity index (χ4n) is 11.9. The summed E-state index contributed by atoms with van der Waals surface area (Å²) in [6.45, 7) is 0. The summed E-state index contributed by atoms with van der Waals surface area (Å²) in [5.41, 5.74) is 13.4. The van der Waals surface area contributed by atoms with E-state index < -0.39 is 16.6 Å². The maximum atomic E-state index is 5.36. The van der Waals surface area contributed by atoms with Crippen molar-refractivity contribution in [2.45, 2.75) is 16.6 Å². The van der Waals surface area contributed by atoms with Crippen molar-refractivity contribution in [1.82, 2.24) is 29.3 Å². The van der Waals surface area contributed by atoms with Crippen LogP contribution in [0.4, 0.5) is 0 Å². The predicted octanol–water partition coefficient (Wildman–Crippen LogP) is 15.8. The van der Waals surface area contributed by atoms with Gasteiger partial charge in [0.25, 0.3) is 0 Å². The van der Waals surface area contributed by atoms with Crippen molar-refractivity contribution in [3.63, 3.8) is 0 Å². The molecule has 0 amide bonds. The van der Waals surface area contributed by atoms with Gasteiger partial charge in [0, 0.05) is 35.3 Å². The Labute approximate surface area is 455 Å². The fraction of sp³-hybridized carbons (Fsp3) is 0.0417. The van der Waals surface area contributed by atoms with E-state index in [9.17, 15) is 0 Å². The summed E-state index contributed by atoms with van der Waals surface area (Å²) in [5.74, 6) is 0. The molecule has 0 spiro atoms. The van der Waals surface area contributed by atoms with Gasteiger partial charge in [-0.1, -0.05) is 273 Å². The Balaban J connectivity index is 1.04. The molecular weight excluding hydrogens is 949 g/mol. The molecule has 0 aliphatic carbocycles. The Morgan fingerprint density at radius 3 is 0.500 bits per heavy atom. The highest BCUT2D eigenvalue weighted by Crippen LogP contribution is 2.46. The second kappa shape index (κ2) is 20.5. The van der Waals surface area contributed by atoms with Gasteiger partial charge in [-0.2, -0.15) is 15.3 Å². The predicted molar refractivity (Wildman–Crippen MR) is 314 cm³/mol. The first-order chi connectivity index (χ1) is 38.7. The second-order valence-corrected chi connectivity index (χ2v) is 19.7. The summed E-state index contributed by atoms with van der Waals surface area (Å²) < 4.78 is 6.44. The molecule has 3 aromatic heterocycles. The van der Waals surface area contributed by atoms with Crippen LogP contribution in [-0.2, 0) is 16.6 Å². The van der Waals surface area contributed by atoms with Crippen LogP contribution in [0.3, 0.4) is 0 Å². The average molecular weight is 1000 g/mol. The van der Waals surface area contributed by atoms with Gasteiger partial charge in [-0.25, -0.2) is 0 Å². The van der Waals surface area contributed by atoms with E-state index in [1.165, 1.54) is 0 Å². The summed E-state index contributed by atoms with van der Waals surface area (Å²) in [6, 6.07) is 103. The van der Waals surface area contributed by atoms with Crippen LogP contribution in [0.1, 0.15) is 50.1 Å². The first-order valence-corrected chi connectivity index (χ1v) is 26.5. The summed E-state index contributed by atoms with van der Waals surface area (Å²) >= 11 is 0. The van der Waals surface area contributed by atoms with Gasteiger partial charge in [0.2, 0.25) is 0 Å². The molecule has 0 saturated heterocycles. The van der Waals surface area contributed by atoms with Crippen molar-refractivity contribution in [3.05, 3.63) is 378 Å². The molecule has 0 saturated carbocycles. The van der Waals surface area contributed by atoms with E-state index in [0.717, 1.165) is 83.5 Å². The minimum Gasteiger partial charge on any atom is -0.252 e. The second-order valence-electron chi connectivity index (χ2n) is 19.7. The van der Waals surface area contributed by atoms with Crippen molar-refractivity contribution >= 4 is 0 Å². The molecule has 13 aromatic rings. The molecule has 10 aromatic carbocycles. The van der Waals surface area contributed by atoms with Gasteiger partial charge in [-0.3, -0.25) is 14.0 Å². The van der Waals surface area contributed by atoms with Gasteiger partial charge >= 0.3 is 0 Å². The third-order valence-corrected chi connectivity index (χ3v) is 15.4. The molecule has 3 heterocycles. The molecule has 0 aliphatic rings. The number of hydrogen-bond acceptors (Lipinski definition) is 3. The van der Waals surface area contributed by atoms with E-state index in [2.05, 4.69) is 324 Å². The van der Waals surface area contributed by atoms with Crippen LogP contribution in [0, 0.1) is 0 Å². The third kappa shape index (κ3) is 8.10. The highest BCUT2D eigenvalue weighted by molar-refractivity contribution is 5.81. The molecule has 0 unspecified atom stereocenters. The van der Waals surface area contributed by atoms with Crippen molar-refractivity contribution in [2.75, 3.05) is 0 Å². The van der Waals surface area contributed by atoms with Gasteiger partial charge < -0.3 is 0 Å². The molecule has 0 radical (unpaired) electrons. The van der Waals surface area contributed by atoms with Gasteiger partial charge in [0.15, 0.2) is 0 Å². The lowest BCUT2D eigenvalue weighted by Crippen LogP contribution is -2.38. The van der Waals surface area contributed by atoms with Crippen LogP contribution in [0.2, 0.25) is 0 Å². The molecule has 372 valence electrons. The molecule has 6 heteroatoms. The van der Waals surface area contributed by atoms with E-state index in [1.807, 2.05) is 18.6 Å². The summed E-state index contributed by atoms with van der Waals surface area (Å²) in [4.78, 5) is 0. The number of aromatic nitrogens is 6. The lowest BCUT2D eigenvalue weighted by Gasteiger charge is -2.36. The maximum absolute atomic E-state index is 5.36. The minimum atomic E-state index is -0.796. The van der Waals surface area contributed by atoms with Gasteiger partial charge in [0.1, 0.15) is 16.6 Å². The van der Waals surface area contributed by atoms with E-state index >= 15 is 0 Å². The van der Waals surface area contributed by atoms with Crippen LogP contribution in [0.25, 0.3) is 33.4 Å². The zero-order valence-corrected chi connectivity index (χ0v) is 42.9. The van der Waals surface area contributed by atoms with Crippen LogP contribution in [0.15, 0.2) is 328 Å². The highest BCUT2D eigenvalue weighted by Gasteiger charge is 2.42. The van der Waals surface area contributed by atoms with Gasteiger partial charge in [-0.05, 0) is 85.0 Å². The van der Waals surface area contributed by atoms with Crippen molar-refractivity contribution < 1.29 is 0 Å². The van der Waals surface area contributed by atoms with Crippen LogP contribution in [0.5, 0.6) is 0 Å². The summed E-state index contributed by atoms with van der Waals surface area (Å²) in [7, 11) is 0. The Morgan fingerprint density at radius 1 is 0.192 bits per heavy atom. The Bertz CT molecular complexity index is 3320. The van der Waals surface area contributed by atoms with Crippen LogP contribution < -0.4 is 0 Å². The van der Waals surface area contributed by atoms with Crippen LogP contribution >= 0.6 is 0 Å². The third-order valence-electron chi connectivity index (χ3n) is 15.4. The lowest BCUT2D eigenvalue weighted by molar-refractivity contribution is 0.460. The van der Waals surface area contributed by atoms with Gasteiger partial charge in [-0.15, -0.1) is 0 Å².